The van der Waals surface area contributed by atoms with Crippen molar-refractivity contribution in [2.45, 2.75) is 19.8 Å². The Hall–Kier alpha value is 0.930. The molecule has 0 saturated carbocycles. The van der Waals surface area contributed by atoms with Crippen LogP contribution in [-0.2, 0) is 0 Å². The Morgan fingerprint density at radius 1 is 1.27 bits per heavy atom. The molecule has 0 fully saturated rings. The molecule has 0 bridgehead atoms. The zero-order chi connectivity index (χ0) is 8.74. The molecule has 0 N–H and O–H groups in total. The molecule has 0 heterocycles. The van der Waals surface area contributed by atoms with Crippen molar-refractivity contribution in [3.63, 3.8) is 0 Å². The summed E-state index contributed by atoms with van der Waals surface area (Å²) in [5, 5.41) is 0. The Kier molecular flexibility index (Phi) is 6.99. The van der Waals surface area contributed by atoms with E-state index in [1.807, 2.05) is 11.8 Å². The summed E-state index contributed by atoms with van der Waals surface area (Å²) in [6, 6.07) is 0. The van der Waals surface area contributed by atoms with E-state index in [0.29, 0.717) is 11.8 Å². The number of thioether (sulfide) groups is 1. The highest BCUT2D eigenvalue weighted by atomic mass is 35.5. The largest absolute Gasteiger partial charge is 0.165 e. The lowest BCUT2D eigenvalue weighted by Gasteiger charge is -2.23. The Balaban J connectivity index is 3.51. The molecule has 0 aromatic carbocycles. The van der Waals surface area contributed by atoms with E-state index in [0.717, 1.165) is 6.42 Å². The van der Waals surface area contributed by atoms with Gasteiger partial charge in [-0.2, -0.15) is 11.8 Å². The molecule has 0 unspecified atom stereocenters. The van der Waals surface area contributed by atoms with Crippen molar-refractivity contribution in [2.24, 2.45) is 5.41 Å². The van der Waals surface area contributed by atoms with Crippen molar-refractivity contribution in [3.05, 3.63) is 0 Å². The van der Waals surface area contributed by atoms with Gasteiger partial charge >= 0.3 is 0 Å². The molecular weight excluding hydrogens is 199 g/mol. The SMILES string of the molecule is CSCCCC(C)(CCl)CCl. The molecule has 0 spiro atoms. The van der Waals surface area contributed by atoms with Gasteiger partial charge in [0.05, 0.1) is 0 Å². The van der Waals surface area contributed by atoms with E-state index in [9.17, 15) is 0 Å². The van der Waals surface area contributed by atoms with Gasteiger partial charge in [0.2, 0.25) is 0 Å². The maximum absolute atomic E-state index is 5.80. The molecule has 0 aliphatic carbocycles. The van der Waals surface area contributed by atoms with Crippen LogP contribution in [0.5, 0.6) is 0 Å². The Morgan fingerprint density at radius 2 is 1.82 bits per heavy atom. The second-order valence-electron chi connectivity index (χ2n) is 3.17. The minimum Gasteiger partial charge on any atom is -0.165 e. The second-order valence-corrected chi connectivity index (χ2v) is 4.69. The average Bonchev–Trinajstić information content (AvgIpc) is 2.05. The Bertz CT molecular complexity index is 92.1. The van der Waals surface area contributed by atoms with Gasteiger partial charge < -0.3 is 0 Å². The molecule has 0 amide bonds. The molecule has 0 nitrogen and oxygen atoms in total. The fraction of sp³-hybridized carbons (Fsp3) is 1.00. The van der Waals surface area contributed by atoms with Gasteiger partial charge in [-0.15, -0.1) is 23.2 Å². The zero-order valence-corrected chi connectivity index (χ0v) is 9.53. The summed E-state index contributed by atoms with van der Waals surface area (Å²) >= 11 is 13.5. The Labute approximate surface area is 84.0 Å². The molecule has 0 radical (unpaired) electrons. The van der Waals surface area contributed by atoms with Gasteiger partial charge in [0, 0.05) is 11.8 Å². The standard InChI is InChI=1S/C8H16Cl2S/c1-8(6-9,7-10)4-3-5-11-2/h3-7H2,1-2H3. The van der Waals surface area contributed by atoms with Crippen LogP contribution in [-0.4, -0.2) is 23.8 Å². The number of hydrogen-bond donors (Lipinski definition) is 0. The zero-order valence-electron chi connectivity index (χ0n) is 7.20. The molecule has 68 valence electrons. The topological polar surface area (TPSA) is 0 Å². The van der Waals surface area contributed by atoms with Crippen molar-refractivity contribution in [1.82, 2.24) is 0 Å². The smallest absolute Gasteiger partial charge is 0.0288 e. The predicted octanol–water partition coefficient (Wildman–Crippen LogP) is 3.61. The first-order valence-corrected chi connectivity index (χ1v) is 6.25. The van der Waals surface area contributed by atoms with Gasteiger partial charge in [0.25, 0.3) is 0 Å². The van der Waals surface area contributed by atoms with Gasteiger partial charge in [-0.3, -0.25) is 0 Å². The normalized spacial score (nSPS) is 12.0. The van der Waals surface area contributed by atoms with Crippen LogP contribution in [0.4, 0.5) is 0 Å². The average molecular weight is 215 g/mol. The van der Waals surface area contributed by atoms with Gasteiger partial charge in [0.1, 0.15) is 0 Å². The summed E-state index contributed by atoms with van der Waals surface area (Å²) in [6.45, 7) is 2.15. The summed E-state index contributed by atoms with van der Waals surface area (Å²) in [7, 11) is 0. The van der Waals surface area contributed by atoms with Crippen LogP contribution in [0.3, 0.4) is 0 Å². The van der Waals surface area contributed by atoms with Crippen LogP contribution in [0.25, 0.3) is 0 Å². The molecule has 0 aliphatic heterocycles. The van der Waals surface area contributed by atoms with Crippen molar-refractivity contribution in [3.8, 4) is 0 Å². The van der Waals surface area contributed by atoms with E-state index in [4.69, 9.17) is 23.2 Å². The lowest BCUT2D eigenvalue weighted by atomic mass is 9.90. The summed E-state index contributed by atoms with van der Waals surface area (Å²) in [5.41, 5.74) is 0.152. The van der Waals surface area contributed by atoms with Crippen molar-refractivity contribution in [2.75, 3.05) is 23.8 Å². The van der Waals surface area contributed by atoms with E-state index >= 15 is 0 Å². The maximum Gasteiger partial charge on any atom is 0.0288 e. The molecule has 0 aliphatic rings. The summed E-state index contributed by atoms with van der Waals surface area (Å²) in [6.07, 6.45) is 4.48. The van der Waals surface area contributed by atoms with E-state index in [1.165, 1.54) is 12.2 Å². The van der Waals surface area contributed by atoms with Crippen LogP contribution in [0.15, 0.2) is 0 Å². The van der Waals surface area contributed by atoms with Crippen LogP contribution in [0.2, 0.25) is 0 Å². The number of hydrogen-bond acceptors (Lipinski definition) is 1. The van der Waals surface area contributed by atoms with Crippen molar-refractivity contribution < 1.29 is 0 Å². The van der Waals surface area contributed by atoms with Crippen LogP contribution < -0.4 is 0 Å². The quantitative estimate of drug-likeness (QED) is 0.481. The van der Waals surface area contributed by atoms with Gasteiger partial charge in [0.15, 0.2) is 0 Å². The lowest BCUT2D eigenvalue weighted by Crippen LogP contribution is -2.20. The van der Waals surface area contributed by atoms with Crippen molar-refractivity contribution in [1.29, 1.82) is 0 Å². The molecule has 11 heavy (non-hydrogen) atoms. The van der Waals surface area contributed by atoms with E-state index < -0.39 is 0 Å². The fourth-order valence-corrected chi connectivity index (χ4v) is 1.80. The lowest BCUT2D eigenvalue weighted by molar-refractivity contribution is 0.387. The first-order valence-electron chi connectivity index (χ1n) is 3.79. The third-order valence-corrected chi connectivity index (χ3v) is 3.76. The van der Waals surface area contributed by atoms with Crippen LogP contribution in [0, 0.1) is 5.41 Å². The molecule has 3 heteroatoms. The second kappa shape index (κ2) is 6.45. The molecule has 0 saturated heterocycles. The summed E-state index contributed by atoms with van der Waals surface area (Å²) in [4.78, 5) is 0. The van der Waals surface area contributed by atoms with E-state index in [-0.39, 0.29) is 5.41 Å². The van der Waals surface area contributed by atoms with Gasteiger partial charge in [-0.25, -0.2) is 0 Å². The monoisotopic (exact) mass is 214 g/mol. The molecular formula is C8H16Cl2S. The summed E-state index contributed by atoms with van der Waals surface area (Å²) in [5.74, 6) is 2.55. The predicted molar refractivity (Wildman–Crippen MR) is 57.2 cm³/mol. The molecule has 0 aromatic rings. The first kappa shape index (κ1) is 11.9. The molecule has 0 rings (SSSR count). The number of alkyl halides is 2. The van der Waals surface area contributed by atoms with E-state index in [1.54, 1.807) is 0 Å². The highest BCUT2D eigenvalue weighted by Crippen LogP contribution is 2.26. The minimum atomic E-state index is 0.152. The van der Waals surface area contributed by atoms with E-state index in [2.05, 4.69) is 13.2 Å². The van der Waals surface area contributed by atoms with Crippen LogP contribution in [0.1, 0.15) is 19.8 Å². The third kappa shape index (κ3) is 5.21. The molecule has 0 atom stereocenters. The summed E-state index contributed by atoms with van der Waals surface area (Å²) < 4.78 is 0. The highest BCUT2D eigenvalue weighted by Gasteiger charge is 2.20. The fourth-order valence-electron chi connectivity index (χ4n) is 0.813. The first-order chi connectivity index (χ1) is 5.18. The Morgan fingerprint density at radius 3 is 2.18 bits per heavy atom. The maximum atomic E-state index is 5.80. The van der Waals surface area contributed by atoms with Gasteiger partial charge in [-0.1, -0.05) is 6.92 Å². The minimum absolute atomic E-state index is 0.152. The van der Waals surface area contributed by atoms with Crippen molar-refractivity contribution >= 4 is 35.0 Å². The number of rotatable bonds is 6. The number of halogens is 2. The molecule has 0 aromatic heterocycles. The van der Waals surface area contributed by atoms with Gasteiger partial charge in [-0.05, 0) is 30.3 Å². The highest BCUT2D eigenvalue weighted by molar-refractivity contribution is 7.98. The third-order valence-electron chi connectivity index (χ3n) is 1.77. The van der Waals surface area contributed by atoms with Crippen LogP contribution >= 0.6 is 35.0 Å².